The van der Waals surface area contributed by atoms with E-state index in [1.807, 2.05) is 0 Å². The van der Waals surface area contributed by atoms with Crippen molar-refractivity contribution in [2.24, 2.45) is 5.41 Å². The van der Waals surface area contributed by atoms with Crippen LogP contribution in [0, 0.1) is 35.0 Å². The van der Waals surface area contributed by atoms with Crippen LogP contribution in [0.1, 0.15) is 24.4 Å². The van der Waals surface area contributed by atoms with Crippen molar-refractivity contribution in [2.75, 3.05) is 0 Å². The zero-order chi connectivity index (χ0) is 13.8. The molecule has 1 rings (SSSR count). The molecule has 0 atom stereocenters. The summed E-state index contributed by atoms with van der Waals surface area (Å²) in [5.41, 5.74) is -1.69. The number of rotatable bonds is 4. The van der Waals surface area contributed by atoms with Crippen molar-refractivity contribution in [2.45, 2.75) is 32.4 Å². The third-order valence-electron chi connectivity index (χ3n) is 2.54. The first kappa shape index (κ1) is 14.1. The summed E-state index contributed by atoms with van der Waals surface area (Å²) in [7, 11) is 0. The Morgan fingerprint density at radius 2 is 1.78 bits per heavy atom. The fourth-order valence-electron chi connectivity index (χ4n) is 1.54. The maximum atomic E-state index is 12.2. The van der Waals surface area contributed by atoms with Crippen molar-refractivity contribution in [1.82, 2.24) is 0 Å². The minimum atomic E-state index is -4.38. The van der Waals surface area contributed by atoms with Crippen molar-refractivity contribution < 1.29 is 17.6 Å². The third-order valence-corrected chi connectivity index (χ3v) is 2.54. The van der Waals surface area contributed by atoms with Gasteiger partial charge in [-0.1, -0.05) is 0 Å². The quantitative estimate of drug-likeness (QED) is 0.828. The van der Waals surface area contributed by atoms with Crippen LogP contribution in [0.4, 0.5) is 13.2 Å². The van der Waals surface area contributed by atoms with Gasteiger partial charge in [-0.05, 0) is 25.5 Å². The van der Waals surface area contributed by atoms with Gasteiger partial charge in [0.05, 0.1) is 12.1 Å². The SMILES string of the molecule is Cc1ccc(CC(C#N)(C#N)CCC(F)(F)F)o1. The monoisotopic (exact) mass is 256 g/mol. The Morgan fingerprint density at radius 1 is 1.17 bits per heavy atom. The number of hydrogen-bond donors (Lipinski definition) is 0. The number of hydrogen-bond acceptors (Lipinski definition) is 3. The highest BCUT2D eigenvalue weighted by Crippen LogP contribution is 2.33. The fraction of sp³-hybridized carbons (Fsp3) is 0.500. The minimum Gasteiger partial charge on any atom is -0.466 e. The first-order valence-electron chi connectivity index (χ1n) is 5.25. The molecule has 0 aliphatic heterocycles. The van der Waals surface area contributed by atoms with Crippen LogP contribution >= 0.6 is 0 Å². The number of nitriles is 2. The highest BCUT2D eigenvalue weighted by molar-refractivity contribution is 5.20. The number of furan rings is 1. The molecule has 96 valence electrons. The van der Waals surface area contributed by atoms with Gasteiger partial charge >= 0.3 is 6.18 Å². The highest BCUT2D eigenvalue weighted by atomic mass is 19.4. The Bertz CT molecular complexity index is 477. The third kappa shape index (κ3) is 3.81. The lowest BCUT2D eigenvalue weighted by Crippen LogP contribution is -2.22. The van der Waals surface area contributed by atoms with Gasteiger partial charge in [0.15, 0.2) is 5.41 Å². The van der Waals surface area contributed by atoms with Crippen LogP contribution in [0.25, 0.3) is 0 Å². The van der Waals surface area contributed by atoms with Crippen LogP contribution in [-0.4, -0.2) is 6.18 Å². The topological polar surface area (TPSA) is 60.7 Å². The lowest BCUT2D eigenvalue weighted by molar-refractivity contribution is -0.138. The molecule has 3 nitrogen and oxygen atoms in total. The first-order valence-corrected chi connectivity index (χ1v) is 5.25. The molecule has 0 unspecified atom stereocenters. The van der Waals surface area contributed by atoms with E-state index in [0.717, 1.165) is 0 Å². The molecule has 0 spiro atoms. The molecule has 0 aromatic carbocycles. The molecule has 0 fully saturated rings. The van der Waals surface area contributed by atoms with Gasteiger partial charge in [0.25, 0.3) is 0 Å². The number of aryl methyl sites for hydroxylation is 1. The molecular weight excluding hydrogens is 245 g/mol. The van der Waals surface area contributed by atoms with Crippen LogP contribution in [-0.2, 0) is 6.42 Å². The first-order chi connectivity index (χ1) is 8.30. The van der Waals surface area contributed by atoms with Crippen LogP contribution in [0.3, 0.4) is 0 Å². The van der Waals surface area contributed by atoms with Gasteiger partial charge < -0.3 is 4.42 Å². The summed E-state index contributed by atoms with van der Waals surface area (Å²) in [6, 6.07) is 6.55. The molecule has 1 heterocycles. The summed E-state index contributed by atoms with van der Waals surface area (Å²) in [4.78, 5) is 0. The molecule has 1 aromatic heterocycles. The van der Waals surface area contributed by atoms with Crippen molar-refractivity contribution in [3.05, 3.63) is 23.7 Å². The van der Waals surface area contributed by atoms with E-state index in [2.05, 4.69) is 0 Å². The van der Waals surface area contributed by atoms with Crippen LogP contribution in [0.2, 0.25) is 0 Å². The Kier molecular flexibility index (Phi) is 4.03. The predicted octanol–water partition coefficient (Wildman–Crippen LogP) is 3.51. The van der Waals surface area contributed by atoms with Gasteiger partial charge in [0, 0.05) is 12.8 Å². The van der Waals surface area contributed by atoms with Crippen molar-refractivity contribution in [1.29, 1.82) is 10.5 Å². The summed E-state index contributed by atoms with van der Waals surface area (Å²) in [5, 5.41) is 17.9. The number of halogens is 3. The van der Waals surface area contributed by atoms with Gasteiger partial charge in [-0.3, -0.25) is 0 Å². The summed E-state index contributed by atoms with van der Waals surface area (Å²) in [5.74, 6) is 0.934. The molecule has 0 bridgehead atoms. The summed E-state index contributed by atoms with van der Waals surface area (Å²) in [6.45, 7) is 1.68. The Morgan fingerprint density at radius 3 is 2.17 bits per heavy atom. The van der Waals surface area contributed by atoms with Gasteiger partial charge in [0.2, 0.25) is 0 Å². The zero-order valence-corrected chi connectivity index (χ0v) is 9.71. The van der Waals surface area contributed by atoms with Gasteiger partial charge in [0.1, 0.15) is 11.5 Å². The van der Waals surface area contributed by atoms with Gasteiger partial charge in [-0.15, -0.1) is 0 Å². The highest BCUT2D eigenvalue weighted by Gasteiger charge is 2.37. The molecule has 0 saturated carbocycles. The molecule has 18 heavy (non-hydrogen) atoms. The second kappa shape index (κ2) is 5.14. The molecule has 0 N–H and O–H groups in total. The van der Waals surface area contributed by atoms with E-state index in [1.165, 1.54) is 0 Å². The van der Waals surface area contributed by atoms with Crippen molar-refractivity contribution in [3.8, 4) is 12.1 Å². The Balaban J connectivity index is 2.82. The molecule has 1 aromatic rings. The van der Waals surface area contributed by atoms with Crippen molar-refractivity contribution >= 4 is 0 Å². The largest absolute Gasteiger partial charge is 0.466 e. The molecule has 0 aliphatic rings. The maximum Gasteiger partial charge on any atom is 0.389 e. The van der Waals surface area contributed by atoms with E-state index in [0.29, 0.717) is 11.5 Å². The van der Waals surface area contributed by atoms with Gasteiger partial charge in [-0.25, -0.2) is 0 Å². The average molecular weight is 256 g/mol. The van der Waals surface area contributed by atoms with E-state index in [-0.39, 0.29) is 6.42 Å². The Labute approximate surface area is 102 Å². The molecule has 0 aliphatic carbocycles. The van der Waals surface area contributed by atoms with E-state index < -0.39 is 24.4 Å². The van der Waals surface area contributed by atoms with E-state index in [9.17, 15) is 13.2 Å². The summed E-state index contributed by atoms with van der Waals surface area (Å²) < 4.78 is 41.7. The molecule has 6 heteroatoms. The maximum absolute atomic E-state index is 12.2. The van der Waals surface area contributed by atoms with Crippen LogP contribution < -0.4 is 0 Å². The normalized spacial score (nSPS) is 11.9. The molecular formula is C12H11F3N2O. The van der Waals surface area contributed by atoms with E-state index >= 15 is 0 Å². The summed E-state index contributed by atoms with van der Waals surface area (Å²) >= 11 is 0. The fourth-order valence-corrected chi connectivity index (χ4v) is 1.54. The van der Waals surface area contributed by atoms with E-state index in [1.54, 1.807) is 31.2 Å². The minimum absolute atomic E-state index is 0.135. The van der Waals surface area contributed by atoms with Crippen LogP contribution in [0.15, 0.2) is 16.5 Å². The second-order valence-electron chi connectivity index (χ2n) is 4.11. The van der Waals surface area contributed by atoms with Gasteiger partial charge in [-0.2, -0.15) is 23.7 Å². The second-order valence-corrected chi connectivity index (χ2v) is 4.11. The predicted molar refractivity (Wildman–Crippen MR) is 56.1 cm³/mol. The standard InChI is InChI=1S/C12H11F3N2O/c1-9-2-3-10(18-9)6-11(7-16,8-17)4-5-12(13,14)15/h2-3H,4-6H2,1H3. The van der Waals surface area contributed by atoms with Crippen LogP contribution in [0.5, 0.6) is 0 Å². The summed E-state index contributed by atoms with van der Waals surface area (Å²) in [6.07, 6.45) is -6.22. The molecule has 0 amide bonds. The smallest absolute Gasteiger partial charge is 0.389 e. The molecule has 0 radical (unpaired) electrons. The lowest BCUT2D eigenvalue weighted by Gasteiger charge is -2.18. The zero-order valence-electron chi connectivity index (χ0n) is 9.71. The molecule has 0 saturated heterocycles. The van der Waals surface area contributed by atoms with Crippen molar-refractivity contribution in [3.63, 3.8) is 0 Å². The number of nitrogens with zero attached hydrogens (tertiary/aromatic N) is 2. The average Bonchev–Trinajstić information content (AvgIpc) is 2.69. The number of alkyl halides is 3. The Hall–Kier alpha value is -1.95. The lowest BCUT2D eigenvalue weighted by atomic mass is 9.82. The van der Waals surface area contributed by atoms with E-state index in [4.69, 9.17) is 14.9 Å².